The highest BCUT2D eigenvalue weighted by atomic mass is 32.1. The minimum atomic E-state index is 0.384. The summed E-state index contributed by atoms with van der Waals surface area (Å²) >= 11 is 1.71. The Hall–Kier alpha value is -1.11. The summed E-state index contributed by atoms with van der Waals surface area (Å²) in [6, 6.07) is 2.12. The lowest BCUT2D eigenvalue weighted by atomic mass is 10.1. The van der Waals surface area contributed by atoms with Gasteiger partial charge in [-0.25, -0.2) is 0 Å². The van der Waals surface area contributed by atoms with E-state index >= 15 is 0 Å². The van der Waals surface area contributed by atoms with Gasteiger partial charge in [-0.2, -0.15) is 11.3 Å². The molecule has 0 atom stereocenters. The van der Waals surface area contributed by atoms with Crippen LogP contribution >= 0.6 is 11.3 Å². The van der Waals surface area contributed by atoms with Crippen molar-refractivity contribution in [3.8, 4) is 0 Å². The van der Waals surface area contributed by atoms with Crippen molar-refractivity contribution in [3.63, 3.8) is 0 Å². The molecule has 5 nitrogen and oxygen atoms in total. The highest BCUT2D eigenvalue weighted by molar-refractivity contribution is 7.07. The molecule has 1 fully saturated rings. The normalized spacial score (nSPS) is 16.9. The number of thiophene rings is 1. The molecule has 2 heterocycles. The van der Waals surface area contributed by atoms with Crippen molar-refractivity contribution >= 4 is 17.3 Å². The average Bonchev–Trinajstić information content (AvgIpc) is 3.04. The zero-order valence-electron chi connectivity index (χ0n) is 12.6. The first-order chi connectivity index (χ1) is 10.4. The molecule has 1 aliphatic rings. The molecule has 21 heavy (non-hydrogen) atoms. The second-order valence-corrected chi connectivity index (χ2v) is 5.80. The summed E-state index contributed by atoms with van der Waals surface area (Å²) in [5.41, 5.74) is 1.28. The molecule has 0 amide bonds. The largest absolute Gasteiger partial charge is 0.381 e. The van der Waals surface area contributed by atoms with Crippen LogP contribution in [0.25, 0.3) is 0 Å². The molecule has 0 bridgehead atoms. The predicted octanol–water partition coefficient (Wildman–Crippen LogP) is 2.00. The van der Waals surface area contributed by atoms with Crippen molar-refractivity contribution < 1.29 is 9.47 Å². The first-order valence-electron chi connectivity index (χ1n) is 7.53. The lowest BCUT2D eigenvalue weighted by Gasteiger charge is -2.22. The summed E-state index contributed by atoms with van der Waals surface area (Å²) in [4.78, 5) is 4.22. The number of hydrogen-bond acceptors (Lipinski definition) is 4. The Labute approximate surface area is 130 Å². The van der Waals surface area contributed by atoms with E-state index < -0.39 is 0 Å². The fourth-order valence-electron chi connectivity index (χ4n) is 2.17. The first kappa shape index (κ1) is 16.3. The van der Waals surface area contributed by atoms with Crippen LogP contribution in [0.3, 0.4) is 0 Å². The van der Waals surface area contributed by atoms with Crippen molar-refractivity contribution in [2.75, 3.05) is 33.4 Å². The molecular formula is C15H25N3O2S. The van der Waals surface area contributed by atoms with Crippen LogP contribution in [0.4, 0.5) is 0 Å². The molecular weight excluding hydrogens is 286 g/mol. The van der Waals surface area contributed by atoms with E-state index in [4.69, 9.17) is 9.47 Å². The highest BCUT2D eigenvalue weighted by Gasteiger charge is 2.13. The smallest absolute Gasteiger partial charge is 0.191 e. The van der Waals surface area contributed by atoms with Gasteiger partial charge in [0.1, 0.15) is 0 Å². The maximum atomic E-state index is 5.84. The SMILES string of the molecule is CN=C(NCCCOC1CCOCC1)NCc1ccsc1. The molecule has 2 N–H and O–H groups in total. The average molecular weight is 311 g/mol. The molecule has 1 aliphatic heterocycles. The highest BCUT2D eigenvalue weighted by Crippen LogP contribution is 2.10. The lowest BCUT2D eigenvalue weighted by Crippen LogP contribution is -2.37. The number of guanidine groups is 1. The zero-order valence-corrected chi connectivity index (χ0v) is 13.5. The second-order valence-electron chi connectivity index (χ2n) is 5.02. The van der Waals surface area contributed by atoms with Gasteiger partial charge < -0.3 is 20.1 Å². The van der Waals surface area contributed by atoms with Gasteiger partial charge in [0.2, 0.25) is 0 Å². The van der Waals surface area contributed by atoms with Crippen molar-refractivity contribution in [2.24, 2.45) is 4.99 Å². The molecule has 2 rings (SSSR count). The molecule has 0 saturated carbocycles. The van der Waals surface area contributed by atoms with Crippen LogP contribution in [0.5, 0.6) is 0 Å². The van der Waals surface area contributed by atoms with E-state index in [0.29, 0.717) is 6.10 Å². The minimum Gasteiger partial charge on any atom is -0.381 e. The molecule has 0 unspecified atom stereocenters. The van der Waals surface area contributed by atoms with Gasteiger partial charge in [-0.3, -0.25) is 4.99 Å². The minimum absolute atomic E-state index is 0.384. The monoisotopic (exact) mass is 311 g/mol. The maximum absolute atomic E-state index is 5.84. The second kappa shape index (κ2) is 9.76. The van der Waals surface area contributed by atoms with Crippen molar-refractivity contribution in [1.82, 2.24) is 10.6 Å². The Morgan fingerprint density at radius 1 is 1.43 bits per heavy atom. The fourth-order valence-corrected chi connectivity index (χ4v) is 2.84. The third-order valence-corrected chi connectivity index (χ3v) is 4.13. The number of aliphatic imine (C=N–C) groups is 1. The van der Waals surface area contributed by atoms with Crippen LogP contribution in [0, 0.1) is 0 Å². The molecule has 118 valence electrons. The number of hydrogen-bond donors (Lipinski definition) is 2. The van der Waals surface area contributed by atoms with Crippen LogP contribution in [0.15, 0.2) is 21.8 Å². The molecule has 1 aromatic rings. The van der Waals surface area contributed by atoms with E-state index in [-0.39, 0.29) is 0 Å². The third kappa shape index (κ3) is 6.46. The van der Waals surface area contributed by atoms with Crippen molar-refractivity contribution in [3.05, 3.63) is 22.4 Å². The Balaban J connectivity index is 1.51. The number of ether oxygens (including phenoxy) is 2. The third-order valence-electron chi connectivity index (χ3n) is 3.40. The Morgan fingerprint density at radius 2 is 2.29 bits per heavy atom. The molecule has 0 aromatic carbocycles. The summed E-state index contributed by atoms with van der Waals surface area (Å²) in [5.74, 6) is 0.840. The summed E-state index contributed by atoms with van der Waals surface area (Å²) in [6.45, 7) is 4.14. The van der Waals surface area contributed by atoms with Gasteiger partial charge >= 0.3 is 0 Å². The summed E-state index contributed by atoms with van der Waals surface area (Å²) in [6.07, 6.45) is 3.42. The van der Waals surface area contributed by atoms with Crippen LogP contribution < -0.4 is 10.6 Å². The van der Waals surface area contributed by atoms with Crippen LogP contribution in [0.2, 0.25) is 0 Å². The molecule has 6 heteroatoms. The lowest BCUT2D eigenvalue weighted by molar-refractivity contribution is -0.0320. The van der Waals surface area contributed by atoms with Crippen LogP contribution in [-0.2, 0) is 16.0 Å². The van der Waals surface area contributed by atoms with E-state index in [9.17, 15) is 0 Å². The van der Waals surface area contributed by atoms with E-state index in [1.165, 1.54) is 5.56 Å². The Morgan fingerprint density at radius 3 is 3.00 bits per heavy atom. The summed E-state index contributed by atoms with van der Waals surface area (Å²) in [7, 11) is 1.79. The van der Waals surface area contributed by atoms with E-state index in [1.807, 2.05) is 0 Å². The first-order valence-corrected chi connectivity index (χ1v) is 8.47. The molecule has 0 spiro atoms. The van der Waals surface area contributed by atoms with Gasteiger partial charge in [0, 0.05) is 40.0 Å². The quantitative estimate of drug-likeness (QED) is 0.459. The van der Waals surface area contributed by atoms with Gasteiger partial charge in [0.05, 0.1) is 6.10 Å². The van der Waals surface area contributed by atoms with E-state index in [1.54, 1.807) is 18.4 Å². The van der Waals surface area contributed by atoms with E-state index in [2.05, 4.69) is 32.5 Å². The Bertz CT molecular complexity index is 403. The number of nitrogens with zero attached hydrogens (tertiary/aromatic N) is 1. The van der Waals surface area contributed by atoms with Gasteiger partial charge in [-0.05, 0) is 41.7 Å². The molecule has 1 aromatic heterocycles. The van der Waals surface area contributed by atoms with Gasteiger partial charge in [-0.15, -0.1) is 0 Å². The summed E-state index contributed by atoms with van der Waals surface area (Å²) < 4.78 is 11.2. The maximum Gasteiger partial charge on any atom is 0.191 e. The molecule has 1 saturated heterocycles. The van der Waals surface area contributed by atoms with E-state index in [0.717, 1.165) is 58.1 Å². The molecule has 0 radical (unpaired) electrons. The van der Waals surface area contributed by atoms with Gasteiger partial charge in [0.15, 0.2) is 5.96 Å². The number of rotatable bonds is 7. The van der Waals surface area contributed by atoms with Crippen LogP contribution in [0.1, 0.15) is 24.8 Å². The topological polar surface area (TPSA) is 54.9 Å². The zero-order chi connectivity index (χ0) is 14.8. The fraction of sp³-hybridized carbons (Fsp3) is 0.667. The standard InChI is InChI=1S/C15H25N3O2S/c1-16-15(18-11-13-5-10-21-12-13)17-6-2-7-20-14-3-8-19-9-4-14/h5,10,12,14H,2-4,6-9,11H2,1H3,(H2,16,17,18). The predicted molar refractivity (Wildman–Crippen MR) is 86.9 cm³/mol. The van der Waals surface area contributed by atoms with Gasteiger partial charge in [-0.1, -0.05) is 0 Å². The van der Waals surface area contributed by atoms with Gasteiger partial charge in [0.25, 0.3) is 0 Å². The number of nitrogens with one attached hydrogen (secondary N) is 2. The Kier molecular flexibility index (Phi) is 7.56. The van der Waals surface area contributed by atoms with Crippen LogP contribution in [-0.4, -0.2) is 45.5 Å². The molecule has 0 aliphatic carbocycles. The summed E-state index contributed by atoms with van der Waals surface area (Å²) in [5, 5.41) is 10.8. The van der Waals surface area contributed by atoms with Crippen molar-refractivity contribution in [2.45, 2.75) is 31.9 Å². The van der Waals surface area contributed by atoms with Crippen molar-refractivity contribution in [1.29, 1.82) is 0 Å².